The van der Waals surface area contributed by atoms with E-state index >= 15 is 0 Å². The Morgan fingerprint density at radius 1 is 0.705 bits per heavy atom. The van der Waals surface area contributed by atoms with Gasteiger partial charge in [0.15, 0.2) is 0 Å². The van der Waals surface area contributed by atoms with Gasteiger partial charge in [0.2, 0.25) is 0 Å². The Morgan fingerprint density at radius 2 is 1.43 bits per heavy atom. The van der Waals surface area contributed by atoms with Crippen LogP contribution in [0.4, 0.5) is 0 Å². The van der Waals surface area contributed by atoms with Crippen molar-refractivity contribution >= 4 is 11.0 Å². The van der Waals surface area contributed by atoms with E-state index in [0.717, 1.165) is 56.2 Å². The van der Waals surface area contributed by atoms with Crippen molar-refractivity contribution in [2.24, 2.45) is 11.8 Å². The van der Waals surface area contributed by atoms with Gasteiger partial charge in [-0.15, -0.1) is 0 Å². The van der Waals surface area contributed by atoms with Crippen molar-refractivity contribution in [3.63, 3.8) is 0 Å². The van der Waals surface area contributed by atoms with Crippen LogP contribution < -0.4 is 0 Å². The molecule has 2 aromatic rings. The van der Waals surface area contributed by atoms with Crippen molar-refractivity contribution < 1.29 is 14.2 Å². The zero-order chi connectivity index (χ0) is 29.7. The lowest BCUT2D eigenvalue weighted by atomic mass is 9.73. The van der Waals surface area contributed by atoms with Gasteiger partial charge in [0.1, 0.15) is 5.82 Å². The minimum absolute atomic E-state index is 0.493. The van der Waals surface area contributed by atoms with Crippen LogP contribution in [-0.4, -0.2) is 97.3 Å². The first-order valence-corrected chi connectivity index (χ1v) is 18.4. The molecule has 7 rings (SSSR count). The van der Waals surface area contributed by atoms with Crippen molar-refractivity contribution in [2.45, 2.75) is 120 Å². The molecule has 4 bridgehead atoms. The lowest BCUT2D eigenvalue weighted by Crippen LogP contribution is -2.58. The molecule has 1 aromatic heterocycles. The van der Waals surface area contributed by atoms with E-state index in [1.807, 2.05) is 0 Å². The van der Waals surface area contributed by atoms with E-state index in [2.05, 4.69) is 38.6 Å². The molecular weight excluding hydrogens is 548 g/mol. The van der Waals surface area contributed by atoms with Crippen LogP contribution in [0.25, 0.3) is 11.0 Å². The summed E-state index contributed by atoms with van der Waals surface area (Å²) in [6.45, 7) is 6.57. The zero-order valence-electron chi connectivity index (χ0n) is 27.4. The van der Waals surface area contributed by atoms with E-state index < -0.39 is 0 Å². The minimum Gasteiger partial charge on any atom is -0.382 e. The summed E-state index contributed by atoms with van der Waals surface area (Å²) < 4.78 is 19.3. The maximum Gasteiger partial charge on any atom is 0.114 e. The highest BCUT2D eigenvalue weighted by atomic mass is 16.5. The molecule has 5 aliphatic rings. The highest BCUT2D eigenvalue weighted by Gasteiger charge is 2.45. The summed E-state index contributed by atoms with van der Waals surface area (Å²) in [5.41, 5.74) is 2.57. The Morgan fingerprint density at radius 3 is 2.20 bits per heavy atom. The summed E-state index contributed by atoms with van der Waals surface area (Å²) >= 11 is 0. The van der Waals surface area contributed by atoms with E-state index in [1.54, 1.807) is 7.11 Å². The van der Waals surface area contributed by atoms with Gasteiger partial charge in [-0.3, -0.25) is 4.90 Å². The van der Waals surface area contributed by atoms with E-state index in [0.29, 0.717) is 38.4 Å². The number of ether oxygens (including phenoxy) is 3. The Bertz CT molecular complexity index is 1160. The van der Waals surface area contributed by atoms with Gasteiger partial charge < -0.3 is 23.7 Å². The van der Waals surface area contributed by atoms with Crippen LogP contribution in [-0.2, 0) is 14.2 Å². The smallest absolute Gasteiger partial charge is 0.114 e. The third-order valence-electron chi connectivity index (χ3n) is 12.0. The molecule has 7 atom stereocenters. The van der Waals surface area contributed by atoms with Crippen molar-refractivity contribution in [3.8, 4) is 0 Å². The largest absolute Gasteiger partial charge is 0.382 e. The average molecular weight is 607 g/mol. The normalized spacial score (nSPS) is 33.4. The third-order valence-corrected chi connectivity index (χ3v) is 12.0. The van der Waals surface area contributed by atoms with Crippen LogP contribution in [0.2, 0.25) is 0 Å². The predicted octanol–water partition coefficient (Wildman–Crippen LogP) is 6.81. The molecule has 7 nitrogen and oxygen atoms in total. The van der Waals surface area contributed by atoms with Crippen molar-refractivity contribution in [2.75, 3.05) is 59.8 Å². The fourth-order valence-electron chi connectivity index (χ4n) is 10.2. The van der Waals surface area contributed by atoms with Crippen LogP contribution in [0, 0.1) is 11.8 Å². The van der Waals surface area contributed by atoms with E-state index in [4.69, 9.17) is 19.2 Å². The SMILES string of the molecule is COCCOCCOCCN1CCC[C@H](c2nc3ccccc3n2C2C[C@H]3CCC[C@@H](C2)N3C2C[C@H]3CCCC[C@@H](C2)C3)C1. The number of imidazole rings is 1. The quantitative estimate of drug-likeness (QED) is 0.248. The lowest BCUT2D eigenvalue weighted by molar-refractivity contribution is -0.0422. The summed E-state index contributed by atoms with van der Waals surface area (Å²) in [5, 5.41) is 0. The summed E-state index contributed by atoms with van der Waals surface area (Å²) in [5.74, 6) is 3.85. The molecule has 1 aromatic carbocycles. The number of likely N-dealkylation sites (tertiary alicyclic amines) is 1. The second-order valence-electron chi connectivity index (χ2n) is 14.9. The molecule has 4 heterocycles. The average Bonchev–Trinajstić information content (AvgIpc) is 3.35. The first-order valence-electron chi connectivity index (χ1n) is 18.4. The third kappa shape index (κ3) is 7.07. The molecule has 0 radical (unpaired) electrons. The van der Waals surface area contributed by atoms with Crippen LogP contribution in [0.15, 0.2) is 24.3 Å². The summed E-state index contributed by atoms with van der Waals surface area (Å²) in [6.07, 6.45) is 19.8. The first kappa shape index (κ1) is 31.1. The lowest BCUT2D eigenvalue weighted by Gasteiger charge is -2.55. The number of piperidine rings is 3. The van der Waals surface area contributed by atoms with Gasteiger partial charge in [-0.05, 0) is 88.3 Å². The molecule has 0 amide bonds. The number of rotatable bonds is 12. The number of fused-ring (bicyclic) bond motifs is 5. The fraction of sp³-hybridized carbons (Fsp3) is 0.811. The van der Waals surface area contributed by atoms with Crippen molar-refractivity contribution in [1.29, 1.82) is 0 Å². The fourth-order valence-corrected chi connectivity index (χ4v) is 10.2. The van der Waals surface area contributed by atoms with Gasteiger partial charge in [-0.1, -0.05) is 44.2 Å². The molecule has 2 unspecified atom stereocenters. The van der Waals surface area contributed by atoms with Gasteiger partial charge in [0.25, 0.3) is 0 Å². The minimum atomic E-state index is 0.493. The molecule has 7 heteroatoms. The van der Waals surface area contributed by atoms with Crippen LogP contribution in [0.1, 0.15) is 108 Å². The van der Waals surface area contributed by atoms with Crippen LogP contribution >= 0.6 is 0 Å². The Hall–Kier alpha value is -1.51. The number of methoxy groups -OCH3 is 1. The van der Waals surface area contributed by atoms with E-state index in [1.165, 1.54) is 107 Å². The molecule has 3 saturated heterocycles. The standard InChI is InChI=1S/C37H58N4O3/c1-42-18-19-44-21-20-43-17-16-39-15-7-10-30(27-39)37-38-35-13-4-5-14-36(35)41(37)34-25-31-11-6-12-32(26-34)40(31)33-23-28-8-2-3-9-29(22-28)24-33/h4-5,13-14,28-34H,2-3,6-12,15-27H2,1H3/t28-,29+,30-,31-,32+,33?,34?/m0/s1. The van der Waals surface area contributed by atoms with Gasteiger partial charge in [-0.25, -0.2) is 4.98 Å². The maximum absolute atomic E-state index is 5.92. The second-order valence-corrected chi connectivity index (χ2v) is 14.9. The van der Waals surface area contributed by atoms with Crippen LogP contribution in [0.5, 0.6) is 0 Å². The van der Waals surface area contributed by atoms with Crippen molar-refractivity contribution in [3.05, 3.63) is 30.1 Å². The number of hydrogen-bond donors (Lipinski definition) is 0. The first-order chi connectivity index (χ1) is 21.8. The van der Waals surface area contributed by atoms with E-state index in [9.17, 15) is 0 Å². The number of para-hydroxylation sites is 2. The molecule has 2 saturated carbocycles. The number of benzene rings is 1. The van der Waals surface area contributed by atoms with Gasteiger partial charge in [0.05, 0.1) is 44.1 Å². The number of hydrogen-bond acceptors (Lipinski definition) is 6. The zero-order valence-corrected chi connectivity index (χ0v) is 27.4. The molecule has 3 aliphatic heterocycles. The van der Waals surface area contributed by atoms with E-state index in [-0.39, 0.29) is 0 Å². The molecule has 0 spiro atoms. The second kappa shape index (κ2) is 14.9. The molecule has 44 heavy (non-hydrogen) atoms. The van der Waals surface area contributed by atoms with Gasteiger partial charge in [0, 0.05) is 50.3 Å². The molecule has 5 fully saturated rings. The Labute approximate surface area is 266 Å². The summed E-state index contributed by atoms with van der Waals surface area (Å²) in [6, 6.07) is 11.9. The Kier molecular flexibility index (Phi) is 10.6. The summed E-state index contributed by atoms with van der Waals surface area (Å²) in [4.78, 5) is 11.1. The monoisotopic (exact) mass is 606 g/mol. The molecule has 0 N–H and O–H groups in total. The van der Waals surface area contributed by atoms with Crippen LogP contribution in [0.3, 0.4) is 0 Å². The summed E-state index contributed by atoms with van der Waals surface area (Å²) in [7, 11) is 1.71. The highest BCUT2D eigenvalue weighted by Crippen LogP contribution is 2.48. The Balaban J connectivity index is 1.03. The maximum atomic E-state index is 5.92. The molecule has 244 valence electrons. The number of nitrogens with zero attached hydrogens (tertiary/aromatic N) is 4. The van der Waals surface area contributed by atoms with Gasteiger partial charge in [-0.2, -0.15) is 0 Å². The molecular formula is C37H58N4O3. The van der Waals surface area contributed by atoms with Gasteiger partial charge >= 0.3 is 0 Å². The topological polar surface area (TPSA) is 52.0 Å². The van der Waals surface area contributed by atoms with Crippen molar-refractivity contribution in [1.82, 2.24) is 19.4 Å². The number of aromatic nitrogens is 2. The predicted molar refractivity (Wildman–Crippen MR) is 176 cm³/mol. The highest BCUT2D eigenvalue weighted by molar-refractivity contribution is 5.76. The molecule has 2 aliphatic carbocycles.